The summed E-state index contributed by atoms with van der Waals surface area (Å²) in [5, 5.41) is 17.1. The first-order chi connectivity index (χ1) is 9.11. The zero-order valence-corrected chi connectivity index (χ0v) is 11.3. The first kappa shape index (κ1) is 13.6. The van der Waals surface area contributed by atoms with Gasteiger partial charge in [0.05, 0.1) is 4.92 Å². The number of nitrogens with one attached hydrogen (secondary N) is 2. The Morgan fingerprint density at radius 1 is 1.42 bits per heavy atom. The monoisotopic (exact) mass is 264 g/mol. The van der Waals surface area contributed by atoms with Gasteiger partial charge >= 0.3 is 5.69 Å². The Kier molecular flexibility index (Phi) is 4.19. The molecule has 1 unspecified atom stereocenters. The Morgan fingerprint density at radius 3 is 2.68 bits per heavy atom. The molecule has 1 aromatic heterocycles. The first-order valence-electron chi connectivity index (χ1n) is 6.71. The number of rotatable bonds is 5. The van der Waals surface area contributed by atoms with E-state index in [9.17, 15) is 10.1 Å². The zero-order chi connectivity index (χ0) is 13.8. The molecule has 1 atom stereocenters. The Bertz CT molecular complexity index is 458. The predicted octanol–water partition coefficient (Wildman–Crippen LogP) is 3.02. The molecule has 0 saturated heterocycles. The summed E-state index contributed by atoms with van der Waals surface area (Å²) in [6.07, 6.45) is 4.88. The van der Waals surface area contributed by atoms with Gasteiger partial charge in [0.2, 0.25) is 5.82 Å². The highest BCUT2D eigenvalue weighted by atomic mass is 16.6. The summed E-state index contributed by atoms with van der Waals surface area (Å²) in [5.74, 6) is 1.57. The molecule has 1 saturated carbocycles. The molecular weight excluding hydrogens is 244 g/mol. The second-order valence-corrected chi connectivity index (χ2v) is 5.05. The van der Waals surface area contributed by atoms with Crippen LogP contribution in [0.5, 0.6) is 0 Å². The van der Waals surface area contributed by atoms with Gasteiger partial charge in [-0.15, -0.1) is 0 Å². The van der Waals surface area contributed by atoms with Crippen molar-refractivity contribution in [3.63, 3.8) is 0 Å². The Labute approximate surface area is 112 Å². The zero-order valence-electron chi connectivity index (χ0n) is 11.3. The molecule has 0 aliphatic heterocycles. The Morgan fingerprint density at radius 2 is 2.11 bits per heavy atom. The highest BCUT2D eigenvalue weighted by Crippen LogP contribution is 2.31. The van der Waals surface area contributed by atoms with Crippen molar-refractivity contribution in [2.45, 2.75) is 38.6 Å². The average molecular weight is 264 g/mol. The maximum atomic E-state index is 11.0. The smallest absolute Gasteiger partial charge is 0.311 e. The van der Waals surface area contributed by atoms with Crippen molar-refractivity contribution in [1.82, 2.24) is 4.98 Å². The SMILES string of the molecule is CNc1ccc([N+](=O)[O-])c(NC(C)C2CCCC2)n1. The van der Waals surface area contributed by atoms with Crippen LogP contribution in [0.3, 0.4) is 0 Å². The van der Waals surface area contributed by atoms with E-state index in [1.807, 2.05) is 0 Å². The van der Waals surface area contributed by atoms with Crippen LogP contribution in [0.1, 0.15) is 32.6 Å². The number of pyridine rings is 1. The minimum atomic E-state index is -0.393. The fraction of sp³-hybridized carbons (Fsp3) is 0.615. The van der Waals surface area contributed by atoms with E-state index in [0.29, 0.717) is 17.6 Å². The topological polar surface area (TPSA) is 80.1 Å². The molecule has 1 heterocycles. The lowest BCUT2D eigenvalue weighted by Gasteiger charge is -2.21. The number of anilines is 2. The number of aromatic nitrogens is 1. The largest absolute Gasteiger partial charge is 0.373 e. The predicted molar refractivity (Wildman–Crippen MR) is 75.5 cm³/mol. The molecular formula is C13H20N4O2. The average Bonchev–Trinajstić information content (AvgIpc) is 2.92. The van der Waals surface area contributed by atoms with Crippen molar-refractivity contribution in [1.29, 1.82) is 0 Å². The van der Waals surface area contributed by atoms with Crippen LogP contribution in [0, 0.1) is 16.0 Å². The van der Waals surface area contributed by atoms with E-state index in [2.05, 4.69) is 22.5 Å². The first-order valence-corrected chi connectivity index (χ1v) is 6.71. The van der Waals surface area contributed by atoms with Crippen LogP contribution in [0.25, 0.3) is 0 Å². The molecule has 2 N–H and O–H groups in total. The van der Waals surface area contributed by atoms with E-state index in [-0.39, 0.29) is 11.7 Å². The minimum absolute atomic E-state index is 0.0313. The molecule has 0 radical (unpaired) electrons. The highest BCUT2D eigenvalue weighted by molar-refractivity contribution is 5.60. The van der Waals surface area contributed by atoms with Crippen LogP contribution in [-0.4, -0.2) is 23.0 Å². The second-order valence-electron chi connectivity index (χ2n) is 5.05. The lowest BCUT2D eigenvalue weighted by Crippen LogP contribution is -2.25. The molecule has 1 aliphatic carbocycles. The molecule has 0 aromatic carbocycles. The van der Waals surface area contributed by atoms with Gasteiger partial charge in [-0.25, -0.2) is 4.98 Å². The van der Waals surface area contributed by atoms with E-state index in [1.165, 1.54) is 31.7 Å². The Hall–Kier alpha value is -1.85. The summed E-state index contributed by atoms with van der Waals surface area (Å²) in [6, 6.07) is 3.31. The van der Waals surface area contributed by atoms with Gasteiger partial charge in [-0.3, -0.25) is 10.1 Å². The van der Waals surface area contributed by atoms with E-state index < -0.39 is 4.92 Å². The number of nitrogens with zero attached hydrogens (tertiary/aromatic N) is 2. The number of hydrogen-bond donors (Lipinski definition) is 2. The van der Waals surface area contributed by atoms with Crippen LogP contribution in [-0.2, 0) is 0 Å². The fourth-order valence-corrected chi connectivity index (χ4v) is 2.64. The molecule has 1 fully saturated rings. The second kappa shape index (κ2) is 5.86. The highest BCUT2D eigenvalue weighted by Gasteiger charge is 2.24. The summed E-state index contributed by atoms with van der Waals surface area (Å²) in [5.41, 5.74) is 0.0313. The number of hydrogen-bond acceptors (Lipinski definition) is 5. The van der Waals surface area contributed by atoms with Gasteiger partial charge in [0.1, 0.15) is 5.82 Å². The molecule has 2 rings (SSSR count). The lowest BCUT2D eigenvalue weighted by atomic mass is 10.00. The maximum absolute atomic E-state index is 11.0. The summed E-state index contributed by atoms with van der Waals surface area (Å²) in [7, 11) is 1.75. The van der Waals surface area contributed by atoms with E-state index >= 15 is 0 Å². The molecule has 6 nitrogen and oxygen atoms in total. The van der Waals surface area contributed by atoms with Crippen molar-refractivity contribution in [2.24, 2.45) is 5.92 Å². The molecule has 6 heteroatoms. The summed E-state index contributed by atoms with van der Waals surface area (Å²) in [4.78, 5) is 14.9. The molecule has 0 bridgehead atoms. The fourth-order valence-electron chi connectivity index (χ4n) is 2.64. The van der Waals surface area contributed by atoms with Crippen molar-refractivity contribution in [2.75, 3.05) is 17.7 Å². The van der Waals surface area contributed by atoms with Crippen LogP contribution in [0.15, 0.2) is 12.1 Å². The van der Waals surface area contributed by atoms with E-state index in [1.54, 1.807) is 13.1 Å². The summed E-state index contributed by atoms with van der Waals surface area (Å²) in [6.45, 7) is 2.08. The molecule has 1 aliphatic rings. The van der Waals surface area contributed by atoms with E-state index in [0.717, 1.165) is 0 Å². The van der Waals surface area contributed by atoms with Crippen LogP contribution >= 0.6 is 0 Å². The molecule has 0 spiro atoms. The molecule has 0 amide bonds. The normalized spacial score (nSPS) is 17.2. The van der Waals surface area contributed by atoms with Gasteiger partial charge in [0, 0.05) is 19.2 Å². The van der Waals surface area contributed by atoms with Crippen molar-refractivity contribution in [3.05, 3.63) is 22.2 Å². The van der Waals surface area contributed by atoms with Crippen molar-refractivity contribution in [3.8, 4) is 0 Å². The third-order valence-electron chi connectivity index (χ3n) is 3.80. The van der Waals surface area contributed by atoms with Gasteiger partial charge in [-0.2, -0.15) is 0 Å². The third-order valence-corrected chi connectivity index (χ3v) is 3.80. The van der Waals surface area contributed by atoms with Crippen molar-refractivity contribution >= 4 is 17.3 Å². The van der Waals surface area contributed by atoms with Crippen LogP contribution < -0.4 is 10.6 Å². The summed E-state index contributed by atoms with van der Waals surface area (Å²) < 4.78 is 0. The summed E-state index contributed by atoms with van der Waals surface area (Å²) >= 11 is 0. The molecule has 104 valence electrons. The maximum Gasteiger partial charge on any atom is 0.311 e. The minimum Gasteiger partial charge on any atom is -0.373 e. The van der Waals surface area contributed by atoms with Gasteiger partial charge < -0.3 is 10.6 Å². The molecule has 19 heavy (non-hydrogen) atoms. The van der Waals surface area contributed by atoms with Gasteiger partial charge in [-0.1, -0.05) is 12.8 Å². The van der Waals surface area contributed by atoms with E-state index in [4.69, 9.17) is 0 Å². The van der Waals surface area contributed by atoms with Crippen LogP contribution in [0.2, 0.25) is 0 Å². The Balaban J connectivity index is 2.18. The van der Waals surface area contributed by atoms with Gasteiger partial charge in [0.15, 0.2) is 0 Å². The lowest BCUT2D eigenvalue weighted by molar-refractivity contribution is -0.384. The standard InChI is InChI=1S/C13H20N4O2/c1-9(10-5-3-4-6-10)15-13-11(17(18)19)7-8-12(14-2)16-13/h7-10H,3-6H2,1-2H3,(H2,14,15,16). The van der Waals surface area contributed by atoms with Gasteiger partial charge in [-0.05, 0) is 31.7 Å². The quantitative estimate of drug-likeness (QED) is 0.631. The third kappa shape index (κ3) is 3.13. The van der Waals surface area contributed by atoms with Gasteiger partial charge in [0.25, 0.3) is 0 Å². The molecule has 1 aromatic rings. The van der Waals surface area contributed by atoms with Crippen molar-refractivity contribution < 1.29 is 4.92 Å². The number of nitro groups is 1. The van der Waals surface area contributed by atoms with Crippen LogP contribution in [0.4, 0.5) is 17.3 Å².